The minimum Gasteiger partial charge on any atom is -0.373 e. The molecule has 114 valence electrons. The molecule has 1 rings (SSSR count). The second-order valence-electron chi connectivity index (χ2n) is 6.74. The molecule has 0 aliphatic carbocycles. The smallest absolute Gasteiger partial charge is 0.138 e. The topological polar surface area (TPSA) is 41.1 Å². The van der Waals surface area contributed by atoms with Crippen LogP contribution < -0.4 is 10.2 Å². The van der Waals surface area contributed by atoms with Crippen LogP contribution in [-0.4, -0.2) is 30.6 Å². The zero-order valence-corrected chi connectivity index (χ0v) is 14.3. The van der Waals surface area contributed by atoms with Gasteiger partial charge in [-0.25, -0.2) is 9.97 Å². The highest BCUT2D eigenvalue weighted by Crippen LogP contribution is 2.28. The van der Waals surface area contributed by atoms with E-state index in [0.29, 0.717) is 5.92 Å². The largest absolute Gasteiger partial charge is 0.373 e. The summed E-state index contributed by atoms with van der Waals surface area (Å²) in [6.07, 6.45) is 1.18. The second kappa shape index (κ2) is 6.42. The van der Waals surface area contributed by atoms with Crippen molar-refractivity contribution in [1.82, 2.24) is 9.97 Å². The molecule has 0 fully saturated rings. The van der Waals surface area contributed by atoms with E-state index in [-0.39, 0.29) is 5.41 Å². The van der Waals surface area contributed by atoms with E-state index in [9.17, 15) is 0 Å². The van der Waals surface area contributed by atoms with Crippen molar-refractivity contribution in [2.45, 2.75) is 53.4 Å². The molecule has 20 heavy (non-hydrogen) atoms. The Morgan fingerprint density at radius 3 is 2.30 bits per heavy atom. The fourth-order valence-electron chi connectivity index (χ4n) is 2.14. The summed E-state index contributed by atoms with van der Waals surface area (Å²) in [7, 11) is 4.04. The van der Waals surface area contributed by atoms with Crippen molar-refractivity contribution in [3.8, 4) is 0 Å². The van der Waals surface area contributed by atoms with E-state index in [0.717, 1.165) is 29.6 Å². The maximum absolute atomic E-state index is 4.81. The van der Waals surface area contributed by atoms with Gasteiger partial charge in [-0.2, -0.15) is 0 Å². The number of nitrogens with one attached hydrogen (secondary N) is 1. The van der Waals surface area contributed by atoms with Crippen LogP contribution in [0.5, 0.6) is 0 Å². The Labute approximate surface area is 124 Å². The highest BCUT2D eigenvalue weighted by Gasteiger charge is 2.22. The Bertz CT molecular complexity index is 449. The molecule has 1 unspecified atom stereocenters. The van der Waals surface area contributed by atoms with E-state index in [2.05, 4.69) is 63.8 Å². The number of rotatable bonds is 5. The molecule has 4 heteroatoms. The molecular formula is C16H30N4. The van der Waals surface area contributed by atoms with E-state index in [1.54, 1.807) is 0 Å². The molecule has 1 atom stereocenters. The Balaban J connectivity index is 3.23. The molecule has 1 heterocycles. The van der Waals surface area contributed by atoms with Crippen LogP contribution in [-0.2, 0) is 5.41 Å². The van der Waals surface area contributed by atoms with Gasteiger partial charge in [0.2, 0.25) is 0 Å². The number of hydrogen-bond acceptors (Lipinski definition) is 4. The van der Waals surface area contributed by atoms with Gasteiger partial charge in [0.15, 0.2) is 0 Å². The SMILES string of the molecule is CCC(C)CN(C)c1nc(C(C)(C)C)nc(NC)c1C. The summed E-state index contributed by atoms with van der Waals surface area (Å²) in [4.78, 5) is 11.7. The van der Waals surface area contributed by atoms with E-state index in [4.69, 9.17) is 4.98 Å². The van der Waals surface area contributed by atoms with Crippen LogP contribution in [0.1, 0.15) is 52.4 Å². The van der Waals surface area contributed by atoms with Gasteiger partial charge in [0.25, 0.3) is 0 Å². The van der Waals surface area contributed by atoms with Crippen molar-refractivity contribution in [1.29, 1.82) is 0 Å². The summed E-state index contributed by atoms with van der Waals surface area (Å²) in [5.41, 5.74) is 1.07. The standard InChI is InChI=1S/C16H30N4/c1-9-11(2)10-20(8)14-12(3)13(17-7)18-15(19-14)16(4,5)6/h11H,9-10H2,1-8H3,(H,17,18,19). The minimum absolute atomic E-state index is 0.0503. The molecule has 0 saturated carbocycles. The molecule has 0 aliphatic heterocycles. The second-order valence-corrected chi connectivity index (χ2v) is 6.74. The molecule has 0 radical (unpaired) electrons. The fraction of sp³-hybridized carbons (Fsp3) is 0.750. The Morgan fingerprint density at radius 1 is 1.25 bits per heavy atom. The molecule has 0 saturated heterocycles. The van der Waals surface area contributed by atoms with Gasteiger partial charge in [0.1, 0.15) is 17.5 Å². The van der Waals surface area contributed by atoms with Crippen LogP contribution in [0.3, 0.4) is 0 Å². The lowest BCUT2D eigenvalue weighted by atomic mass is 9.95. The van der Waals surface area contributed by atoms with E-state index >= 15 is 0 Å². The number of hydrogen-bond donors (Lipinski definition) is 1. The molecular weight excluding hydrogens is 248 g/mol. The summed E-state index contributed by atoms with van der Waals surface area (Å²) < 4.78 is 0. The molecule has 1 aromatic rings. The highest BCUT2D eigenvalue weighted by molar-refractivity contribution is 5.58. The zero-order valence-electron chi connectivity index (χ0n) is 14.3. The lowest BCUT2D eigenvalue weighted by Crippen LogP contribution is -2.28. The molecule has 1 N–H and O–H groups in total. The van der Waals surface area contributed by atoms with Crippen LogP contribution in [0.25, 0.3) is 0 Å². The van der Waals surface area contributed by atoms with Gasteiger partial charge < -0.3 is 10.2 Å². The van der Waals surface area contributed by atoms with Crippen molar-refractivity contribution < 1.29 is 0 Å². The third-order valence-electron chi connectivity index (χ3n) is 3.67. The maximum atomic E-state index is 4.81. The lowest BCUT2D eigenvalue weighted by molar-refractivity contribution is 0.536. The van der Waals surface area contributed by atoms with E-state index in [1.807, 2.05) is 7.05 Å². The molecule has 1 aromatic heterocycles. The van der Waals surface area contributed by atoms with Gasteiger partial charge in [0.05, 0.1) is 0 Å². The summed E-state index contributed by atoms with van der Waals surface area (Å²) in [5, 5.41) is 3.19. The minimum atomic E-state index is -0.0503. The van der Waals surface area contributed by atoms with Crippen molar-refractivity contribution >= 4 is 11.6 Å². The van der Waals surface area contributed by atoms with Crippen molar-refractivity contribution in [2.75, 3.05) is 30.9 Å². The first-order chi connectivity index (χ1) is 9.20. The molecule has 0 spiro atoms. The monoisotopic (exact) mass is 278 g/mol. The molecule has 0 aliphatic rings. The Morgan fingerprint density at radius 2 is 1.85 bits per heavy atom. The van der Waals surface area contributed by atoms with Gasteiger partial charge in [-0.05, 0) is 12.8 Å². The molecule has 4 nitrogen and oxygen atoms in total. The van der Waals surface area contributed by atoms with Crippen LogP contribution >= 0.6 is 0 Å². The highest BCUT2D eigenvalue weighted by atomic mass is 15.2. The zero-order chi connectivity index (χ0) is 15.5. The summed E-state index contributed by atoms with van der Waals surface area (Å²) in [6, 6.07) is 0. The van der Waals surface area contributed by atoms with Gasteiger partial charge in [-0.15, -0.1) is 0 Å². The van der Waals surface area contributed by atoms with Crippen LogP contribution in [0, 0.1) is 12.8 Å². The first kappa shape index (κ1) is 16.7. The fourth-order valence-corrected chi connectivity index (χ4v) is 2.14. The van der Waals surface area contributed by atoms with Gasteiger partial charge in [-0.1, -0.05) is 41.0 Å². The summed E-state index contributed by atoms with van der Waals surface area (Å²) in [6.45, 7) is 14.0. The quantitative estimate of drug-likeness (QED) is 0.893. The normalized spacial score (nSPS) is 13.2. The van der Waals surface area contributed by atoms with E-state index in [1.165, 1.54) is 6.42 Å². The molecule has 0 aromatic carbocycles. The number of anilines is 2. The van der Waals surface area contributed by atoms with Gasteiger partial charge in [-0.3, -0.25) is 0 Å². The van der Waals surface area contributed by atoms with Crippen LogP contribution in [0.4, 0.5) is 11.6 Å². The van der Waals surface area contributed by atoms with Gasteiger partial charge >= 0.3 is 0 Å². The third-order valence-corrected chi connectivity index (χ3v) is 3.67. The first-order valence-electron chi connectivity index (χ1n) is 7.48. The average Bonchev–Trinajstić information content (AvgIpc) is 2.37. The molecule has 0 amide bonds. The van der Waals surface area contributed by atoms with Crippen molar-refractivity contribution in [3.63, 3.8) is 0 Å². The lowest BCUT2D eigenvalue weighted by Gasteiger charge is -2.27. The molecule has 0 bridgehead atoms. The third kappa shape index (κ3) is 3.84. The van der Waals surface area contributed by atoms with E-state index < -0.39 is 0 Å². The van der Waals surface area contributed by atoms with Crippen LogP contribution in [0.2, 0.25) is 0 Å². The average molecular weight is 278 g/mol. The van der Waals surface area contributed by atoms with Gasteiger partial charge in [0, 0.05) is 31.6 Å². The predicted octanol–water partition coefficient (Wildman–Crippen LogP) is 3.61. The van der Waals surface area contributed by atoms with Crippen molar-refractivity contribution in [2.24, 2.45) is 5.92 Å². The maximum Gasteiger partial charge on any atom is 0.138 e. The number of aromatic nitrogens is 2. The first-order valence-corrected chi connectivity index (χ1v) is 7.48. The van der Waals surface area contributed by atoms with Crippen LogP contribution in [0.15, 0.2) is 0 Å². The summed E-state index contributed by atoms with van der Waals surface area (Å²) in [5.74, 6) is 3.51. The summed E-state index contributed by atoms with van der Waals surface area (Å²) >= 11 is 0. The Hall–Kier alpha value is -1.32. The predicted molar refractivity (Wildman–Crippen MR) is 87.7 cm³/mol. The Kier molecular flexibility index (Phi) is 5.37. The number of nitrogens with zero attached hydrogens (tertiary/aromatic N) is 3. The van der Waals surface area contributed by atoms with Crippen molar-refractivity contribution in [3.05, 3.63) is 11.4 Å².